The fourth-order valence-electron chi connectivity index (χ4n) is 4.87. The third-order valence-corrected chi connectivity index (χ3v) is 8.78. The van der Waals surface area contributed by atoms with Crippen LogP contribution in [0, 0.1) is 5.82 Å². The van der Waals surface area contributed by atoms with Gasteiger partial charge >= 0.3 is 126 Å². The molecule has 1 amide bonds. The van der Waals surface area contributed by atoms with E-state index in [4.69, 9.17) is 0 Å². The predicted octanol–water partition coefficient (Wildman–Crippen LogP) is 4.25. The first-order valence-electron chi connectivity index (χ1n) is 12.9. The molecule has 1 saturated carbocycles. The first-order chi connectivity index (χ1) is 19.0. The van der Waals surface area contributed by atoms with E-state index in [2.05, 4.69) is 15.4 Å². The molecular formula is C29H32AsFN4O5. The van der Waals surface area contributed by atoms with Gasteiger partial charge in [-0.25, -0.2) is 4.39 Å². The third kappa shape index (κ3) is 7.27. The number of phenols is 1. The molecule has 4 N–H and O–H groups in total. The van der Waals surface area contributed by atoms with Gasteiger partial charge in [0.1, 0.15) is 11.5 Å². The van der Waals surface area contributed by atoms with Crippen molar-refractivity contribution in [2.24, 2.45) is 7.05 Å². The van der Waals surface area contributed by atoms with Crippen molar-refractivity contribution in [2.45, 2.75) is 44.9 Å². The molecule has 2 heterocycles. The first-order valence-corrected chi connectivity index (χ1v) is 16.3. The molecule has 1 aliphatic rings. The molecule has 0 atom stereocenters. The average molecular weight is 611 g/mol. The number of pyridine rings is 1. The maximum atomic E-state index is 13.0. The van der Waals surface area contributed by atoms with Crippen LogP contribution in [0.2, 0.25) is 0 Å². The van der Waals surface area contributed by atoms with Crippen LogP contribution in [0.4, 0.5) is 10.1 Å². The van der Waals surface area contributed by atoms with E-state index in [0.29, 0.717) is 0 Å². The van der Waals surface area contributed by atoms with E-state index in [1.54, 1.807) is 35.3 Å². The van der Waals surface area contributed by atoms with Crippen LogP contribution >= 0.6 is 0 Å². The number of aromatic nitrogens is 3. The Kier molecular flexibility index (Phi) is 9.24. The molecule has 210 valence electrons. The summed E-state index contributed by atoms with van der Waals surface area (Å²) in [5.41, 5.74) is 4.64. The summed E-state index contributed by atoms with van der Waals surface area (Å²) in [4.78, 5) is 15.2. The van der Waals surface area contributed by atoms with E-state index < -0.39 is 25.8 Å². The standard InChI is InChI=1S/C15H12FN3.C14H20AsNO5/c1-19-10-14(11-6-8-17-9-7-11)15(18-19)12-2-4-13(16)5-3-12;1-9(17)16-13-8-11(10-5-3-2-4-6-10)7-12(14(13)18)15(19,20)21/h2-10H,1H3;7-8,10,18H,2-6H2,1H3,(H,16,17)(H2,19,20,21). The Bertz CT molecular complexity index is 1510. The van der Waals surface area contributed by atoms with Crippen molar-refractivity contribution in [3.8, 4) is 28.1 Å². The Morgan fingerprint density at radius 2 is 1.68 bits per heavy atom. The van der Waals surface area contributed by atoms with Crippen LogP contribution in [-0.4, -0.2) is 48.1 Å². The largest absolute Gasteiger partial charge is 0.275 e. The number of rotatable bonds is 5. The summed E-state index contributed by atoms with van der Waals surface area (Å²) >= 11 is -5.26. The van der Waals surface area contributed by atoms with Crippen LogP contribution in [0.15, 0.2) is 67.1 Å². The van der Waals surface area contributed by atoms with Crippen molar-refractivity contribution in [1.82, 2.24) is 14.8 Å². The van der Waals surface area contributed by atoms with Crippen molar-refractivity contribution in [2.75, 3.05) is 5.32 Å². The van der Waals surface area contributed by atoms with Gasteiger partial charge in [0.05, 0.1) is 0 Å². The molecule has 5 rings (SSSR count). The minimum atomic E-state index is -5.26. The Hall–Kier alpha value is -3.72. The molecule has 0 bridgehead atoms. The molecular weight excluding hydrogens is 578 g/mol. The van der Waals surface area contributed by atoms with Gasteiger partial charge in [-0.15, -0.1) is 0 Å². The number of nitrogens with zero attached hydrogens (tertiary/aromatic N) is 3. The molecule has 0 unspecified atom stereocenters. The van der Waals surface area contributed by atoms with Gasteiger partial charge in [-0.05, 0) is 42.0 Å². The fraction of sp³-hybridized carbons (Fsp3) is 0.276. The molecule has 1 fully saturated rings. The number of amides is 1. The summed E-state index contributed by atoms with van der Waals surface area (Å²) in [6.07, 6.45) is 10.7. The minimum Gasteiger partial charge on any atom is -0.275 e. The molecule has 2 aromatic heterocycles. The summed E-state index contributed by atoms with van der Waals surface area (Å²) in [6, 6.07) is 13.3. The number of aromatic hydroxyl groups is 1. The number of aryl methyl sites for hydroxylation is 1. The fourth-order valence-corrected chi connectivity index (χ4v) is 6.37. The predicted molar refractivity (Wildman–Crippen MR) is 151 cm³/mol. The SMILES string of the molecule is CC(=O)Nc1cc(C2CCCCC2)cc([As](=O)(O)O)c1O.Cn1cc(-c2ccncc2)c(-c2ccc(F)cc2)n1. The van der Waals surface area contributed by atoms with Gasteiger partial charge in [-0.2, -0.15) is 5.10 Å². The van der Waals surface area contributed by atoms with Gasteiger partial charge in [0.2, 0.25) is 0 Å². The number of nitrogens with one attached hydrogen (secondary N) is 1. The zero-order chi connectivity index (χ0) is 28.9. The maximum Gasteiger partial charge on any atom is 0.123 e. The van der Waals surface area contributed by atoms with Gasteiger partial charge in [-0.1, -0.05) is 0 Å². The zero-order valence-electron chi connectivity index (χ0n) is 22.3. The summed E-state index contributed by atoms with van der Waals surface area (Å²) < 4.78 is 44.9. The number of carbonyl (C=O) groups is 1. The molecule has 0 saturated heterocycles. The van der Waals surface area contributed by atoms with Gasteiger partial charge in [0.15, 0.2) is 0 Å². The number of hydrogen-bond donors (Lipinski definition) is 4. The second-order valence-corrected chi connectivity index (χ2v) is 13.1. The zero-order valence-corrected chi connectivity index (χ0v) is 24.2. The van der Waals surface area contributed by atoms with Crippen molar-refractivity contribution < 1.29 is 26.2 Å². The van der Waals surface area contributed by atoms with Gasteiger partial charge in [-0.3, -0.25) is 9.67 Å². The molecule has 1 aliphatic carbocycles. The van der Waals surface area contributed by atoms with Crippen LogP contribution < -0.4 is 9.67 Å². The minimum absolute atomic E-state index is 0.0744. The molecule has 11 heteroatoms. The second kappa shape index (κ2) is 12.6. The normalized spacial score (nSPS) is 13.8. The van der Waals surface area contributed by atoms with Gasteiger partial charge in [0.25, 0.3) is 0 Å². The Labute approximate surface area is 234 Å². The van der Waals surface area contributed by atoms with Crippen LogP contribution in [-0.2, 0) is 15.6 Å². The van der Waals surface area contributed by atoms with E-state index in [9.17, 15) is 26.2 Å². The summed E-state index contributed by atoms with van der Waals surface area (Å²) in [5, 5.41) is 16.9. The van der Waals surface area contributed by atoms with Crippen LogP contribution in [0.3, 0.4) is 0 Å². The Morgan fingerprint density at radius 1 is 1.02 bits per heavy atom. The van der Waals surface area contributed by atoms with Crippen LogP contribution in [0.5, 0.6) is 5.75 Å². The number of halogens is 1. The molecule has 2 aromatic carbocycles. The first kappa shape index (κ1) is 29.3. The maximum absolute atomic E-state index is 13.0. The monoisotopic (exact) mass is 610 g/mol. The van der Waals surface area contributed by atoms with Crippen molar-refractivity contribution in [3.05, 3.63) is 78.5 Å². The van der Waals surface area contributed by atoms with E-state index in [1.165, 1.54) is 31.5 Å². The number of carbonyl (C=O) groups excluding carboxylic acids is 1. The molecule has 0 spiro atoms. The number of anilines is 1. The van der Waals surface area contributed by atoms with Crippen LogP contribution in [0.25, 0.3) is 22.4 Å². The van der Waals surface area contributed by atoms with Crippen molar-refractivity contribution in [3.63, 3.8) is 0 Å². The second-order valence-electron chi connectivity index (χ2n) is 9.80. The summed E-state index contributed by atoms with van der Waals surface area (Å²) in [7, 11) is 1.87. The van der Waals surface area contributed by atoms with Crippen LogP contribution in [0.1, 0.15) is 50.5 Å². The smallest absolute Gasteiger partial charge is 0.123 e. The van der Waals surface area contributed by atoms with Gasteiger partial charge in [0, 0.05) is 36.8 Å². The number of hydrogen-bond acceptors (Lipinski definition) is 5. The topological polar surface area (TPSA) is 138 Å². The number of phenolic OH excluding ortho intramolecular Hbond substituents is 1. The number of benzene rings is 2. The van der Waals surface area contributed by atoms with E-state index in [1.807, 2.05) is 25.4 Å². The van der Waals surface area contributed by atoms with Crippen molar-refractivity contribution in [1.29, 1.82) is 0 Å². The third-order valence-electron chi connectivity index (χ3n) is 6.75. The summed E-state index contributed by atoms with van der Waals surface area (Å²) in [6.45, 7) is 1.29. The Balaban J connectivity index is 0.000000186. The Morgan fingerprint density at radius 3 is 2.27 bits per heavy atom. The van der Waals surface area contributed by atoms with E-state index in [-0.39, 0.29) is 21.8 Å². The molecule has 0 radical (unpaired) electrons. The molecule has 4 aromatic rings. The van der Waals surface area contributed by atoms with Crippen molar-refractivity contribution >= 4 is 30.1 Å². The molecule has 9 nitrogen and oxygen atoms in total. The average Bonchev–Trinajstić information content (AvgIpc) is 3.32. The van der Waals surface area contributed by atoms with E-state index in [0.717, 1.165) is 53.6 Å². The molecule has 40 heavy (non-hydrogen) atoms. The molecule has 0 aliphatic heterocycles. The quantitative estimate of drug-likeness (QED) is 0.196. The van der Waals surface area contributed by atoms with E-state index >= 15 is 0 Å². The van der Waals surface area contributed by atoms with Gasteiger partial charge < -0.3 is 0 Å². The summed E-state index contributed by atoms with van der Waals surface area (Å²) in [5.74, 6) is -0.954.